The van der Waals surface area contributed by atoms with E-state index in [4.69, 9.17) is 0 Å². The van der Waals surface area contributed by atoms with Crippen LogP contribution in [0.5, 0.6) is 0 Å². The van der Waals surface area contributed by atoms with Gasteiger partial charge in [-0.3, -0.25) is 4.79 Å². The van der Waals surface area contributed by atoms with Crippen molar-refractivity contribution in [3.05, 3.63) is 0 Å². The summed E-state index contributed by atoms with van der Waals surface area (Å²) >= 11 is 0. The number of rotatable bonds is 16. The number of nitrogens with zero attached hydrogens (tertiary/aromatic N) is 1. The van der Waals surface area contributed by atoms with E-state index in [0.29, 0.717) is 12.2 Å². The smallest absolute Gasteiger partial charge is 0.138 e. The molecule has 0 aliphatic heterocycles. The quantitative estimate of drug-likeness (QED) is 0.329. The molecule has 1 atom stereocenters. The Balaban J connectivity index is 3.53. The molecule has 0 aromatic carbocycles. The van der Waals surface area contributed by atoms with Crippen molar-refractivity contribution < 1.29 is 14.4 Å². The van der Waals surface area contributed by atoms with Crippen molar-refractivity contribution in [2.24, 2.45) is 0 Å². The maximum absolute atomic E-state index is 12.0. The van der Waals surface area contributed by atoms with E-state index >= 15 is 0 Å². The molecule has 0 saturated carbocycles. The summed E-state index contributed by atoms with van der Waals surface area (Å²) in [6, 6.07) is 0. The van der Waals surface area contributed by atoms with Crippen LogP contribution in [0.25, 0.3) is 0 Å². The van der Waals surface area contributed by atoms with E-state index in [9.17, 15) is 9.90 Å². The van der Waals surface area contributed by atoms with E-state index in [1.54, 1.807) is 0 Å². The fraction of sp³-hybridized carbons (Fsp3) is 0.950. The van der Waals surface area contributed by atoms with Crippen molar-refractivity contribution >= 4 is 5.78 Å². The first-order chi connectivity index (χ1) is 10.9. The molecule has 0 amide bonds. The molecule has 0 aliphatic carbocycles. The summed E-state index contributed by atoms with van der Waals surface area (Å²) in [5.74, 6) is 0.394. The minimum Gasteiger partial charge on any atom is -0.387 e. The average molecular weight is 329 g/mol. The minimum absolute atomic E-state index is 0.252. The van der Waals surface area contributed by atoms with Crippen LogP contribution in [-0.4, -0.2) is 48.7 Å². The van der Waals surface area contributed by atoms with Crippen LogP contribution >= 0.6 is 0 Å². The molecule has 0 heterocycles. The molecule has 0 radical (unpaired) electrons. The fourth-order valence-electron chi connectivity index (χ4n) is 2.98. The Morgan fingerprint density at radius 2 is 1.39 bits per heavy atom. The number of aliphatic hydroxyl groups is 1. The van der Waals surface area contributed by atoms with Gasteiger partial charge in [-0.1, -0.05) is 65.2 Å². The zero-order valence-electron chi connectivity index (χ0n) is 16.3. The molecule has 0 aromatic heterocycles. The summed E-state index contributed by atoms with van der Waals surface area (Å²) in [6.45, 7) is 5.83. The molecule has 23 heavy (non-hydrogen) atoms. The van der Waals surface area contributed by atoms with Gasteiger partial charge in [-0.25, -0.2) is 0 Å². The molecule has 0 saturated heterocycles. The first kappa shape index (κ1) is 22.6. The minimum atomic E-state index is -0.252. The molecule has 0 fully saturated rings. The third-order valence-electron chi connectivity index (χ3n) is 4.73. The van der Waals surface area contributed by atoms with Gasteiger partial charge in [-0.2, -0.15) is 0 Å². The number of likely N-dealkylation sites (N-methyl/N-ethyl adjacent to an activating group) is 1. The maximum atomic E-state index is 12.0. The number of aliphatic hydroxyl groups excluding tert-OH is 1. The highest BCUT2D eigenvalue weighted by atomic mass is 16.3. The molecule has 0 aliphatic rings. The second-order valence-electron chi connectivity index (χ2n) is 7.77. The van der Waals surface area contributed by atoms with Crippen LogP contribution in [-0.2, 0) is 4.79 Å². The Bertz CT molecular complexity index is 289. The van der Waals surface area contributed by atoms with Crippen LogP contribution in [0.2, 0.25) is 0 Å². The highest BCUT2D eigenvalue weighted by molar-refractivity contribution is 5.78. The molecule has 0 bridgehead atoms. The van der Waals surface area contributed by atoms with E-state index < -0.39 is 0 Å². The zero-order valence-corrected chi connectivity index (χ0v) is 16.3. The summed E-state index contributed by atoms with van der Waals surface area (Å²) in [4.78, 5) is 12.0. The Hall–Kier alpha value is -0.410. The lowest BCUT2D eigenvalue weighted by molar-refractivity contribution is -0.892. The number of ketones is 1. The Kier molecular flexibility index (Phi) is 13.7. The van der Waals surface area contributed by atoms with Crippen molar-refractivity contribution in [1.82, 2.24) is 0 Å². The molecular formula is C20H42NO2+. The fourth-order valence-corrected chi connectivity index (χ4v) is 2.98. The van der Waals surface area contributed by atoms with Crippen molar-refractivity contribution in [2.45, 2.75) is 97.0 Å². The number of hydrogen-bond acceptors (Lipinski definition) is 2. The zero-order chi connectivity index (χ0) is 17.6. The van der Waals surface area contributed by atoms with Crippen LogP contribution in [0.3, 0.4) is 0 Å². The van der Waals surface area contributed by atoms with E-state index in [1.165, 1.54) is 51.4 Å². The first-order valence-electron chi connectivity index (χ1n) is 9.93. The van der Waals surface area contributed by atoms with Gasteiger partial charge in [-0.05, 0) is 12.8 Å². The largest absolute Gasteiger partial charge is 0.387 e. The molecule has 0 aromatic rings. The summed E-state index contributed by atoms with van der Waals surface area (Å²) in [7, 11) is 4.20. The van der Waals surface area contributed by atoms with Gasteiger partial charge in [0.05, 0.1) is 27.1 Å². The third kappa shape index (κ3) is 14.9. The number of Topliss-reactive ketones (excluding diaryl/α,β-unsaturated/α-hetero) is 1. The lowest BCUT2D eigenvalue weighted by Crippen LogP contribution is -2.46. The lowest BCUT2D eigenvalue weighted by Gasteiger charge is -2.31. The maximum Gasteiger partial charge on any atom is 0.138 e. The normalized spacial score (nSPS) is 13.3. The van der Waals surface area contributed by atoms with Crippen molar-refractivity contribution in [3.63, 3.8) is 0 Å². The van der Waals surface area contributed by atoms with Crippen LogP contribution < -0.4 is 0 Å². The van der Waals surface area contributed by atoms with Crippen LogP contribution in [0.4, 0.5) is 0 Å². The van der Waals surface area contributed by atoms with Gasteiger partial charge in [-0.15, -0.1) is 0 Å². The summed E-state index contributed by atoms with van der Waals surface area (Å²) in [5, 5.41) is 9.75. The molecule has 138 valence electrons. The van der Waals surface area contributed by atoms with Crippen molar-refractivity contribution in [3.8, 4) is 0 Å². The highest BCUT2D eigenvalue weighted by Crippen LogP contribution is 2.12. The third-order valence-corrected chi connectivity index (χ3v) is 4.73. The molecule has 1 N–H and O–H groups in total. The van der Waals surface area contributed by atoms with Gasteiger partial charge >= 0.3 is 0 Å². The number of quaternary nitrogens is 1. The Morgan fingerprint density at radius 1 is 0.870 bits per heavy atom. The molecule has 0 rings (SSSR count). The predicted molar refractivity (Wildman–Crippen MR) is 99.6 cm³/mol. The highest BCUT2D eigenvalue weighted by Gasteiger charge is 2.20. The average Bonchev–Trinajstić information content (AvgIpc) is 2.51. The van der Waals surface area contributed by atoms with Gasteiger partial charge in [0.15, 0.2) is 0 Å². The van der Waals surface area contributed by atoms with E-state index in [1.807, 2.05) is 6.92 Å². The molecular weight excluding hydrogens is 286 g/mol. The molecule has 0 spiro atoms. The lowest BCUT2D eigenvalue weighted by atomic mass is 10.0. The van der Waals surface area contributed by atoms with Gasteiger partial charge in [0.2, 0.25) is 0 Å². The topological polar surface area (TPSA) is 37.3 Å². The number of carbonyl (C=O) groups excluding carboxylic acids is 1. The van der Waals surface area contributed by atoms with Gasteiger partial charge in [0.25, 0.3) is 0 Å². The first-order valence-corrected chi connectivity index (χ1v) is 9.93. The second kappa shape index (κ2) is 14.0. The van der Waals surface area contributed by atoms with Gasteiger partial charge in [0, 0.05) is 6.42 Å². The molecule has 1 unspecified atom stereocenters. The van der Waals surface area contributed by atoms with E-state index in [-0.39, 0.29) is 6.10 Å². The SMILES string of the molecule is CCCCCCCCCCCC(=O)CC[N+](C)(C)CC(O)CC. The summed E-state index contributed by atoms with van der Waals surface area (Å²) in [5.41, 5.74) is 0. The van der Waals surface area contributed by atoms with Crippen molar-refractivity contribution in [1.29, 1.82) is 0 Å². The monoisotopic (exact) mass is 328 g/mol. The van der Waals surface area contributed by atoms with Crippen LogP contribution in [0.15, 0.2) is 0 Å². The Morgan fingerprint density at radius 3 is 1.91 bits per heavy atom. The summed E-state index contributed by atoms with van der Waals surface area (Å²) < 4.78 is 0.735. The van der Waals surface area contributed by atoms with Gasteiger partial charge in [0.1, 0.15) is 18.4 Å². The predicted octanol–water partition coefficient (Wildman–Crippen LogP) is 4.71. The number of carbonyl (C=O) groups is 1. The second-order valence-corrected chi connectivity index (χ2v) is 7.77. The Labute approximate surface area is 145 Å². The summed E-state index contributed by atoms with van der Waals surface area (Å²) in [6.07, 6.45) is 13.6. The van der Waals surface area contributed by atoms with E-state index in [0.717, 1.165) is 36.8 Å². The molecule has 3 nitrogen and oxygen atoms in total. The van der Waals surface area contributed by atoms with Crippen LogP contribution in [0.1, 0.15) is 90.9 Å². The number of unbranched alkanes of at least 4 members (excludes halogenated alkanes) is 8. The standard InChI is InChI=1S/C20H42NO2/c1-5-7-8-9-10-11-12-13-14-15-20(23)16-17-21(3,4)18-19(22)6-2/h19,22H,5-18H2,1-4H3/q+1. The van der Waals surface area contributed by atoms with Crippen LogP contribution in [0, 0.1) is 0 Å². The van der Waals surface area contributed by atoms with Gasteiger partial charge < -0.3 is 9.59 Å². The van der Waals surface area contributed by atoms with E-state index in [2.05, 4.69) is 21.0 Å². The van der Waals surface area contributed by atoms with Crippen molar-refractivity contribution in [2.75, 3.05) is 27.2 Å². The number of hydrogen-bond donors (Lipinski definition) is 1. The molecule has 3 heteroatoms.